The van der Waals surface area contributed by atoms with Crippen molar-refractivity contribution in [1.29, 1.82) is 5.41 Å². The molecule has 8 nitrogen and oxygen atoms in total. The largest absolute Gasteiger partial charge is 0.390 e. The third-order valence-corrected chi connectivity index (χ3v) is 6.48. The topological polar surface area (TPSA) is 121 Å². The molecule has 9 heteroatoms. The molecule has 0 aromatic heterocycles. The van der Waals surface area contributed by atoms with Gasteiger partial charge in [-0.3, -0.25) is 10.2 Å². The van der Waals surface area contributed by atoms with E-state index >= 15 is 0 Å². The van der Waals surface area contributed by atoms with E-state index in [0.29, 0.717) is 13.1 Å². The van der Waals surface area contributed by atoms with Crippen LogP contribution in [0.2, 0.25) is 0 Å². The summed E-state index contributed by atoms with van der Waals surface area (Å²) in [5, 5.41) is 11.4. The fourth-order valence-corrected chi connectivity index (χ4v) is 4.38. The zero-order chi connectivity index (χ0) is 25.9. The molecule has 1 fully saturated rings. The number of nitrogens with zero attached hydrogens (tertiary/aromatic N) is 1. The highest BCUT2D eigenvalue weighted by molar-refractivity contribution is 7.97. The molecule has 1 amide bonds. The number of hydrogen-bond donors (Lipinski definition) is 4. The highest BCUT2D eigenvalue weighted by atomic mass is 32.2. The number of amides is 1. The van der Waals surface area contributed by atoms with Gasteiger partial charge in [-0.15, -0.1) is 0 Å². The zero-order valence-corrected chi connectivity index (χ0v) is 22.0. The van der Waals surface area contributed by atoms with Crippen molar-refractivity contribution in [3.05, 3.63) is 42.5 Å². The van der Waals surface area contributed by atoms with E-state index in [-0.39, 0.29) is 17.9 Å². The third kappa shape index (κ3) is 11.7. The predicted octanol–water partition coefficient (Wildman–Crippen LogP) is 3.45. The summed E-state index contributed by atoms with van der Waals surface area (Å²) in [4.78, 5) is 27.0. The Balaban J connectivity index is 0.000000778. The van der Waals surface area contributed by atoms with Gasteiger partial charge in [0, 0.05) is 37.6 Å². The molecule has 0 radical (unpaired) electrons. The summed E-state index contributed by atoms with van der Waals surface area (Å²) in [7, 11) is 3.61. The normalized spacial score (nSPS) is 14.2. The van der Waals surface area contributed by atoms with Gasteiger partial charge in [-0.2, -0.15) is 0 Å². The molecule has 0 bridgehead atoms. The Hall–Kier alpha value is -2.46. The minimum Gasteiger partial charge on any atom is -0.390 e. The molecule has 3 rings (SSSR count). The van der Waals surface area contributed by atoms with E-state index in [9.17, 15) is 9.59 Å². The van der Waals surface area contributed by atoms with Gasteiger partial charge in [-0.1, -0.05) is 30.3 Å². The van der Waals surface area contributed by atoms with Crippen LogP contribution < -0.4 is 15.8 Å². The highest BCUT2D eigenvalue weighted by Gasteiger charge is 2.28. The van der Waals surface area contributed by atoms with Gasteiger partial charge in [0.05, 0.1) is 12.4 Å². The van der Waals surface area contributed by atoms with Gasteiger partial charge < -0.3 is 25.5 Å². The maximum atomic E-state index is 13.1. The van der Waals surface area contributed by atoms with Crippen molar-refractivity contribution in [1.82, 2.24) is 14.9 Å². The summed E-state index contributed by atoms with van der Waals surface area (Å²) < 4.78 is 7.95. The maximum absolute atomic E-state index is 13.1. The van der Waals surface area contributed by atoms with Crippen LogP contribution in [0.25, 0.3) is 10.8 Å². The van der Waals surface area contributed by atoms with Crippen molar-refractivity contribution >= 4 is 41.3 Å². The van der Waals surface area contributed by atoms with E-state index in [4.69, 9.17) is 5.41 Å². The molecule has 1 aliphatic heterocycles. The summed E-state index contributed by atoms with van der Waals surface area (Å²) in [6.45, 7) is 5.01. The molecule has 0 saturated carbocycles. The van der Waals surface area contributed by atoms with Crippen molar-refractivity contribution in [3.63, 3.8) is 0 Å². The first kappa shape index (κ1) is 30.6. The lowest BCUT2D eigenvalue weighted by Gasteiger charge is -2.32. The number of rotatable bonds is 10. The average Bonchev–Trinajstić information content (AvgIpc) is 2.90. The SMILES string of the molecule is CCOC.CNCCCC(NSc1ccc2ccccc2c1)C(=O)N1CCC(C=O)CC1.N=CN. The minimum atomic E-state index is -0.224. The summed E-state index contributed by atoms with van der Waals surface area (Å²) >= 11 is 1.52. The Kier molecular flexibility index (Phi) is 16.4. The van der Waals surface area contributed by atoms with Crippen LogP contribution in [-0.4, -0.2) is 69.9 Å². The lowest BCUT2D eigenvalue weighted by molar-refractivity contribution is -0.135. The number of benzene rings is 2. The molecular weight excluding hydrogens is 462 g/mol. The molecular formula is C26H41N5O3S. The molecule has 2 aromatic rings. The Morgan fingerprint density at radius 1 is 1.26 bits per heavy atom. The fourth-order valence-electron chi connectivity index (χ4n) is 3.56. The second-order valence-corrected chi connectivity index (χ2v) is 8.98. The number of ether oxygens (including phenoxy) is 1. The van der Waals surface area contributed by atoms with E-state index in [1.54, 1.807) is 7.11 Å². The Morgan fingerprint density at radius 2 is 1.89 bits per heavy atom. The van der Waals surface area contributed by atoms with E-state index in [1.807, 2.05) is 31.0 Å². The molecule has 1 heterocycles. The first-order valence-electron chi connectivity index (χ1n) is 12.0. The number of fused-ring (bicyclic) bond motifs is 1. The third-order valence-electron chi connectivity index (χ3n) is 5.59. The van der Waals surface area contributed by atoms with E-state index in [2.05, 4.69) is 50.8 Å². The maximum Gasteiger partial charge on any atom is 0.240 e. The van der Waals surface area contributed by atoms with Gasteiger partial charge >= 0.3 is 0 Å². The molecule has 35 heavy (non-hydrogen) atoms. The van der Waals surface area contributed by atoms with Crippen LogP contribution in [0, 0.1) is 11.3 Å². The summed E-state index contributed by atoms with van der Waals surface area (Å²) in [6, 6.07) is 14.4. The minimum absolute atomic E-state index is 0.103. The van der Waals surface area contributed by atoms with Gasteiger partial charge in [-0.05, 0) is 81.1 Å². The summed E-state index contributed by atoms with van der Waals surface area (Å²) in [6.07, 6.45) is 5.05. The molecule has 0 aliphatic carbocycles. The predicted molar refractivity (Wildman–Crippen MR) is 146 cm³/mol. The average molecular weight is 504 g/mol. The van der Waals surface area contributed by atoms with E-state index in [0.717, 1.165) is 56.4 Å². The summed E-state index contributed by atoms with van der Waals surface area (Å²) in [5.74, 6) is 0.250. The molecule has 1 saturated heterocycles. The summed E-state index contributed by atoms with van der Waals surface area (Å²) in [5.41, 5.74) is 4.39. The van der Waals surface area contributed by atoms with Gasteiger partial charge in [-0.25, -0.2) is 4.72 Å². The smallest absolute Gasteiger partial charge is 0.240 e. The lowest BCUT2D eigenvalue weighted by Crippen LogP contribution is -2.48. The van der Waals surface area contributed by atoms with Gasteiger partial charge in [0.2, 0.25) is 5.91 Å². The van der Waals surface area contributed by atoms with Crippen molar-refractivity contribution in [2.24, 2.45) is 11.7 Å². The lowest BCUT2D eigenvalue weighted by atomic mass is 9.98. The molecule has 2 aromatic carbocycles. The number of carbonyl (C=O) groups is 2. The first-order valence-corrected chi connectivity index (χ1v) is 12.9. The number of hydrogen-bond acceptors (Lipinski definition) is 7. The zero-order valence-electron chi connectivity index (χ0n) is 21.2. The van der Waals surface area contributed by atoms with Crippen LogP contribution in [0.1, 0.15) is 32.6 Å². The Bertz CT molecular complexity index is 873. The Morgan fingerprint density at radius 3 is 2.46 bits per heavy atom. The number of aldehydes is 1. The molecule has 1 atom stereocenters. The van der Waals surface area contributed by atoms with Crippen molar-refractivity contribution in [2.75, 3.05) is 40.4 Å². The Labute approximate surface area is 214 Å². The first-order chi connectivity index (χ1) is 17.0. The van der Waals surface area contributed by atoms with Crippen LogP contribution >= 0.6 is 11.9 Å². The van der Waals surface area contributed by atoms with Crippen molar-refractivity contribution in [3.8, 4) is 0 Å². The molecule has 1 aliphatic rings. The van der Waals surface area contributed by atoms with Crippen LogP contribution in [0.15, 0.2) is 47.4 Å². The second-order valence-electron chi connectivity index (χ2n) is 8.07. The highest BCUT2D eigenvalue weighted by Crippen LogP contribution is 2.23. The number of carbonyl (C=O) groups excluding carboxylic acids is 2. The quantitative estimate of drug-likeness (QED) is 0.129. The monoisotopic (exact) mass is 503 g/mol. The van der Waals surface area contributed by atoms with Crippen molar-refractivity contribution < 1.29 is 14.3 Å². The molecule has 194 valence electrons. The van der Waals surface area contributed by atoms with Gasteiger partial charge in [0.25, 0.3) is 0 Å². The molecule has 0 spiro atoms. The van der Waals surface area contributed by atoms with E-state index < -0.39 is 0 Å². The van der Waals surface area contributed by atoms with Gasteiger partial charge in [0.15, 0.2) is 0 Å². The van der Waals surface area contributed by atoms with Crippen LogP contribution in [0.3, 0.4) is 0 Å². The number of likely N-dealkylation sites (tertiary alicyclic amines) is 1. The van der Waals surface area contributed by atoms with Crippen LogP contribution in [-0.2, 0) is 14.3 Å². The number of nitrogens with two attached hydrogens (primary N) is 1. The number of nitrogens with one attached hydrogen (secondary N) is 3. The fraction of sp³-hybridized carbons (Fsp3) is 0.500. The number of piperidine rings is 1. The van der Waals surface area contributed by atoms with Gasteiger partial charge in [0.1, 0.15) is 6.29 Å². The second kappa shape index (κ2) is 18.8. The molecule has 1 unspecified atom stereocenters. The van der Waals surface area contributed by atoms with Crippen LogP contribution in [0.4, 0.5) is 0 Å². The molecule has 5 N–H and O–H groups in total. The van der Waals surface area contributed by atoms with Crippen LogP contribution in [0.5, 0.6) is 0 Å². The van der Waals surface area contributed by atoms with E-state index in [1.165, 1.54) is 22.7 Å². The van der Waals surface area contributed by atoms with Crippen molar-refractivity contribution in [2.45, 2.75) is 43.5 Å². The standard InChI is InChI=1S/C22H29N3O2S.C3H8O.CH4N2/c1-23-12-4-7-21(22(27)25-13-10-17(16-26)11-14-25)24-28-20-9-8-18-5-2-3-6-19(18)15-20;1-3-4-2;2-1-3/h2-3,5-6,8-9,15-17,21,23-24H,4,7,10-14H2,1H3;3H2,1-2H3;1H,(H3,2,3). The number of methoxy groups -OCH3 is 1.